The number of carboxylic acid groups (broad SMARTS) is 1. The molecule has 5 rings (SSSR count). The lowest BCUT2D eigenvalue weighted by Crippen LogP contribution is -2.65. The summed E-state index contributed by atoms with van der Waals surface area (Å²) in [6.07, 6.45) is -2.67. The molecule has 2 aromatic carbocycles. The van der Waals surface area contributed by atoms with Gasteiger partial charge in [-0.15, -0.1) is 0 Å². The highest BCUT2D eigenvalue weighted by molar-refractivity contribution is 6.31. The molecule has 11 nitrogen and oxygen atoms in total. The van der Waals surface area contributed by atoms with Crippen molar-refractivity contribution >= 4 is 17.6 Å². The predicted octanol–water partition coefficient (Wildman–Crippen LogP) is 0.494. The molecule has 3 heterocycles. The first-order valence-electron chi connectivity index (χ1n) is 12.7. The van der Waals surface area contributed by atoms with Gasteiger partial charge in [0.15, 0.2) is 11.6 Å². The van der Waals surface area contributed by atoms with Gasteiger partial charge in [-0.3, -0.25) is 4.79 Å². The number of rotatable bonds is 7. The number of ether oxygens (including phenoxy) is 3. The van der Waals surface area contributed by atoms with Crippen molar-refractivity contribution in [1.82, 2.24) is 5.32 Å². The minimum absolute atomic E-state index is 0. The summed E-state index contributed by atoms with van der Waals surface area (Å²) < 4.78 is 31.0. The van der Waals surface area contributed by atoms with Gasteiger partial charge >= 0.3 is 5.97 Å². The minimum atomic E-state index is -1.79. The summed E-state index contributed by atoms with van der Waals surface area (Å²) in [5.74, 6) is -2.83. The van der Waals surface area contributed by atoms with Gasteiger partial charge in [-0.25, -0.2) is 4.39 Å². The SMILES string of the molecule is CCOc1ccc(Cc2cc([C@]34OC[C@](CO)(O3)[C@@H](O)[C@H](O)[C@H]4O)ccc2Cl)cc1F.O.O=C(O)[C@@H]1CCCN1. The fourth-order valence-corrected chi connectivity index (χ4v) is 5.23. The smallest absolute Gasteiger partial charge is 0.320 e. The van der Waals surface area contributed by atoms with E-state index < -0.39 is 48.1 Å². The first kappa shape index (κ1) is 32.1. The van der Waals surface area contributed by atoms with Crippen LogP contribution in [0.3, 0.4) is 0 Å². The summed E-state index contributed by atoms with van der Waals surface area (Å²) in [4.78, 5) is 10.1. The number of nitrogens with one attached hydrogen (secondary N) is 1. The summed E-state index contributed by atoms with van der Waals surface area (Å²) in [6.45, 7) is 2.15. The highest BCUT2D eigenvalue weighted by atomic mass is 35.5. The molecule has 3 fully saturated rings. The van der Waals surface area contributed by atoms with Crippen molar-refractivity contribution in [3.63, 3.8) is 0 Å². The van der Waals surface area contributed by atoms with Crippen LogP contribution in [0.4, 0.5) is 4.39 Å². The summed E-state index contributed by atoms with van der Waals surface area (Å²) in [5.41, 5.74) is 0.0530. The summed E-state index contributed by atoms with van der Waals surface area (Å²) >= 11 is 6.36. The van der Waals surface area contributed by atoms with E-state index in [0.717, 1.165) is 19.4 Å². The molecule has 0 aromatic heterocycles. The number of benzene rings is 2. The second kappa shape index (κ2) is 13.1. The molecule has 0 aliphatic carbocycles. The lowest BCUT2D eigenvalue weighted by molar-refractivity contribution is -0.329. The molecule has 0 saturated carbocycles. The van der Waals surface area contributed by atoms with Gasteiger partial charge in [-0.2, -0.15) is 0 Å². The predicted molar refractivity (Wildman–Crippen MR) is 141 cm³/mol. The summed E-state index contributed by atoms with van der Waals surface area (Å²) in [6, 6.07) is 9.16. The Morgan fingerprint density at radius 1 is 1.20 bits per heavy atom. The van der Waals surface area contributed by atoms with Crippen molar-refractivity contribution in [3.05, 3.63) is 63.9 Å². The fraction of sp³-hybridized carbons (Fsp3) is 0.519. The van der Waals surface area contributed by atoms with Gasteiger partial charge in [0.1, 0.15) is 30.0 Å². The van der Waals surface area contributed by atoms with E-state index in [2.05, 4.69) is 5.32 Å². The van der Waals surface area contributed by atoms with E-state index in [4.69, 9.17) is 30.9 Å². The second-order valence-corrected chi connectivity index (χ2v) is 10.2. The van der Waals surface area contributed by atoms with Crippen molar-refractivity contribution in [1.29, 1.82) is 0 Å². The number of aliphatic hydroxyl groups is 4. The van der Waals surface area contributed by atoms with Crippen LogP contribution in [0.5, 0.6) is 5.75 Å². The molecule has 222 valence electrons. The van der Waals surface area contributed by atoms with Gasteiger partial charge in [0.2, 0.25) is 5.79 Å². The first-order chi connectivity index (χ1) is 18.6. The number of halogens is 2. The van der Waals surface area contributed by atoms with E-state index >= 15 is 0 Å². The second-order valence-electron chi connectivity index (χ2n) is 9.83. The van der Waals surface area contributed by atoms with Gasteiger partial charge in [-0.1, -0.05) is 23.7 Å². The van der Waals surface area contributed by atoms with Crippen molar-refractivity contribution in [3.8, 4) is 5.75 Å². The van der Waals surface area contributed by atoms with Crippen LogP contribution in [0.1, 0.15) is 36.5 Å². The van der Waals surface area contributed by atoms with Gasteiger partial charge in [0, 0.05) is 10.6 Å². The van der Waals surface area contributed by atoms with Gasteiger partial charge in [-0.05, 0) is 68.1 Å². The van der Waals surface area contributed by atoms with Crippen LogP contribution in [0.2, 0.25) is 5.02 Å². The van der Waals surface area contributed by atoms with Crippen molar-refractivity contribution in [2.24, 2.45) is 0 Å². The monoisotopic (exact) mass is 587 g/mol. The lowest BCUT2D eigenvalue weighted by Gasteiger charge is -2.46. The zero-order valence-corrected chi connectivity index (χ0v) is 22.6. The van der Waals surface area contributed by atoms with E-state index in [1.54, 1.807) is 37.3 Å². The molecule has 0 radical (unpaired) electrons. The van der Waals surface area contributed by atoms with Crippen molar-refractivity contribution in [2.75, 3.05) is 26.4 Å². The molecular formula is C27H35ClFNO10. The molecule has 0 spiro atoms. The first-order valence-corrected chi connectivity index (χ1v) is 13.1. The average Bonchev–Trinajstić information content (AvgIpc) is 3.59. The third-order valence-electron chi connectivity index (χ3n) is 7.23. The number of hydrogen-bond acceptors (Lipinski definition) is 9. The minimum Gasteiger partial charge on any atom is -0.491 e. The molecule has 40 heavy (non-hydrogen) atoms. The molecule has 3 aliphatic rings. The maximum atomic E-state index is 14.2. The topological polar surface area (TPSA) is 189 Å². The van der Waals surface area contributed by atoms with Gasteiger partial charge < -0.3 is 50.5 Å². The molecule has 2 bridgehead atoms. The Morgan fingerprint density at radius 2 is 1.95 bits per heavy atom. The molecule has 2 aromatic rings. The van der Waals surface area contributed by atoms with Crippen LogP contribution in [0, 0.1) is 5.82 Å². The van der Waals surface area contributed by atoms with Crippen LogP contribution in [-0.4, -0.2) is 93.3 Å². The Kier molecular flexibility index (Phi) is 10.5. The van der Waals surface area contributed by atoms with E-state index in [-0.39, 0.29) is 30.3 Å². The third kappa shape index (κ3) is 6.10. The highest BCUT2D eigenvalue weighted by Crippen LogP contribution is 2.49. The highest BCUT2D eigenvalue weighted by Gasteiger charge is 2.67. The maximum absolute atomic E-state index is 14.2. The standard InChI is InChI=1S/C22H24ClFO7.C5H9NO2.H2O/c1-2-29-17-6-3-12(8-16(17)24)7-13-9-14(4-5-15(13)23)22-20(28)18(26)19(27)21(10-25,31-22)11-30-22;7-5(8)4-2-1-3-6-4;/h3-6,8-9,18-20,25-28H,2,7,10-11H2,1H3;4,6H,1-3H2,(H,7,8);1H2/t18-,19-,20+,21-,22-;4-;/m00./s1. The van der Waals surface area contributed by atoms with E-state index in [1.807, 2.05) is 0 Å². The Balaban J connectivity index is 0.000000423. The van der Waals surface area contributed by atoms with Crippen molar-refractivity contribution in [2.45, 2.75) is 61.9 Å². The lowest BCUT2D eigenvalue weighted by atomic mass is 9.83. The Hall–Kier alpha value is -2.39. The number of carbonyl (C=O) groups is 1. The Morgan fingerprint density at radius 3 is 2.52 bits per heavy atom. The number of carboxylic acids is 1. The average molecular weight is 588 g/mol. The Bertz CT molecular complexity index is 1180. The summed E-state index contributed by atoms with van der Waals surface area (Å²) in [5, 5.41) is 52.7. The molecule has 13 heteroatoms. The van der Waals surface area contributed by atoms with Crippen LogP contribution in [-0.2, 0) is 26.5 Å². The van der Waals surface area contributed by atoms with E-state index in [0.29, 0.717) is 28.3 Å². The molecule has 0 amide bonds. The molecule has 6 atom stereocenters. The Labute approximate surface area is 235 Å². The fourth-order valence-electron chi connectivity index (χ4n) is 5.04. The van der Waals surface area contributed by atoms with Gasteiger partial charge in [0.05, 0.1) is 19.8 Å². The van der Waals surface area contributed by atoms with E-state index in [1.165, 1.54) is 6.07 Å². The third-order valence-corrected chi connectivity index (χ3v) is 7.59. The van der Waals surface area contributed by atoms with Crippen LogP contribution in [0.15, 0.2) is 36.4 Å². The zero-order valence-electron chi connectivity index (χ0n) is 21.8. The largest absolute Gasteiger partial charge is 0.491 e. The van der Waals surface area contributed by atoms with Crippen LogP contribution >= 0.6 is 11.6 Å². The number of aliphatic hydroxyl groups excluding tert-OH is 4. The molecule has 3 saturated heterocycles. The van der Waals surface area contributed by atoms with Gasteiger partial charge in [0.25, 0.3) is 0 Å². The normalized spacial score (nSPS) is 30.7. The van der Waals surface area contributed by atoms with Crippen LogP contribution in [0.25, 0.3) is 0 Å². The van der Waals surface area contributed by atoms with E-state index in [9.17, 15) is 29.6 Å². The number of aliphatic carboxylic acids is 1. The number of hydrogen-bond donors (Lipinski definition) is 6. The van der Waals surface area contributed by atoms with Crippen LogP contribution < -0.4 is 10.1 Å². The maximum Gasteiger partial charge on any atom is 0.320 e. The molecule has 3 aliphatic heterocycles. The molecule has 0 unspecified atom stereocenters. The molecular weight excluding hydrogens is 553 g/mol. The summed E-state index contributed by atoms with van der Waals surface area (Å²) in [7, 11) is 0. The molecule has 8 N–H and O–H groups in total. The zero-order chi connectivity index (χ0) is 28.4. The van der Waals surface area contributed by atoms with Crippen molar-refractivity contribution < 1.29 is 54.4 Å². The number of fused-ring (bicyclic) bond motifs is 2. The quantitative estimate of drug-likeness (QED) is 0.266.